The molecule has 0 saturated heterocycles. The van der Waals surface area contributed by atoms with Gasteiger partial charge in [-0.05, 0) is 23.6 Å². The minimum atomic E-state index is -0.801. The molecule has 21 heavy (non-hydrogen) atoms. The summed E-state index contributed by atoms with van der Waals surface area (Å²) in [6, 6.07) is 5.20. The summed E-state index contributed by atoms with van der Waals surface area (Å²) in [7, 11) is 0. The van der Waals surface area contributed by atoms with Crippen molar-refractivity contribution in [2.45, 2.75) is 13.8 Å². The number of ether oxygens (including phenoxy) is 1. The van der Waals surface area contributed by atoms with Crippen molar-refractivity contribution in [1.29, 1.82) is 0 Å². The molecule has 1 aromatic carbocycles. The Morgan fingerprint density at radius 3 is 2.33 bits per heavy atom. The molecule has 0 unspecified atom stereocenters. The lowest BCUT2D eigenvalue weighted by Crippen LogP contribution is -2.15. The molecule has 0 aliphatic rings. The largest absolute Gasteiger partial charge is 0.462 e. The third-order valence-corrected chi connectivity index (χ3v) is 2.44. The summed E-state index contributed by atoms with van der Waals surface area (Å²) in [5.74, 6) is -1.36. The highest BCUT2D eigenvalue weighted by Gasteiger charge is 2.16. The van der Waals surface area contributed by atoms with Crippen LogP contribution in [-0.4, -0.2) is 23.4 Å². The van der Waals surface area contributed by atoms with Crippen LogP contribution in [0.15, 0.2) is 30.3 Å². The number of carbonyl (C=O) groups excluding carboxylic acids is 2. The lowest BCUT2D eigenvalue weighted by atomic mass is 10.0. The maximum atomic E-state index is 12.0. The summed E-state index contributed by atoms with van der Waals surface area (Å²) in [5, 5.41) is 10.6. The van der Waals surface area contributed by atoms with Crippen LogP contribution in [0.3, 0.4) is 0 Å². The van der Waals surface area contributed by atoms with Gasteiger partial charge in [0.1, 0.15) is 0 Å². The van der Waals surface area contributed by atoms with Crippen molar-refractivity contribution < 1.29 is 19.2 Å². The van der Waals surface area contributed by atoms with Crippen molar-refractivity contribution in [3.63, 3.8) is 0 Å². The Labute approximate surface area is 121 Å². The first-order valence-electron chi connectivity index (χ1n) is 6.24. The predicted molar refractivity (Wildman–Crippen MR) is 76.1 cm³/mol. The van der Waals surface area contributed by atoms with Crippen molar-refractivity contribution in [2.24, 2.45) is 11.7 Å². The second-order valence-electron chi connectivity index (χ2n) is 4.76. The number of nitrogens with two attached hydrogens (primary N) is 1. The molecule has 0 fully saturated rings. The van der Waals surface area contributed by atoms with Crippen LogP contribution in [-0.2, 0) is 14.3 Å². The molecule has 7 nitrogen and oxygen atoms in total. The van der Waals surface area contributed by atoms with Crippen molar-refractivity contribution in [2.75, 3.05) is 6.61 Å². The number of hydrogen-bond donors (Lipinski definition) is 1. The number of nitro benzene ring substituents is 1. The number of nitrogens with zero attached hydrogens (tertiary/aromatic N) is 1. The van der Waals surface area contributed by atoms with Crippen LogP contribution in [0, 0.1) is 16.0 Å². The van der Waals surface area contributed by atoms with Crippen LogP contribution >= 0.6 is 0 Å². The summed E-state index contributed by atoms with van der Waals surface area (Å²) < 4.78 is 5.05. The number of benzene rings is 1. The molecule has 1 amide bonds. The molecule has 112 valence electrons. The number of non-ortho nitro benzene ring substituents is 1. The van der Waals surface area contributed by atoms with Crippen LogP contribution in [0.1, 0.15) is 19.4 Å². The van der Waals surface area contributed by atoms with E-state index in [1.807, 2.05) is 13.8 Å². The summed E-state index contributed by atoms with van der Waals surface area (Å²) in [4.78, 5) is 33.0. The zero-order valence-corrected chi connectivity index (χ0v) is 11.7. The number of primary amides is 1. The highest BCUT2D eigenvalue weighted by Crippen LogP contribution is 2.20. The third-order valence-electron chi connectivity index (χ3n) is 2.44. The quantitative estimate of drug-likeness (QED) is 0.371. The zero-order chi connectivity index (χ0) is 16.0. The van der Waals surface area contributed by atoms with Gasteiger partial charge in [-0.3, -0.25) is 14.9 Å². The SMILES string of the molecule is CC(C)COC(=O)/C(=C\C(N)=O)c1ccc([N+](=O)[O-])cc1. The second kappa shape index (κ2) is 7.18. The van der Waals surface area contributed by atoms with Crippen molar-refractivity contribution >= 4 is 23.1 Å². The third kappa shape index (κ3) is 5.06. The fourth-order valence-electron chi connectivity index (χ4n) is 1.49. The van der Waals surface area contributed by atoms with Gasteiger partial charge >= 0.3 is 5.97 Å². The molecule has 0 radical (unpaired) electrons. The minimum absolute atomic E-state index is 0.0296. The molecule has 2 N–H and O–H groups in total. The van der Waals surface area contributed by atoms with E-state index in [0.717, 1.165) is 6.08 Å². The van der Waals surface area contributed by atoms with Crippen molar-refractivity contribution in [3.8, 4) is 0 Å². The molecule has 0 heterocycles. The Morgan fingerprint density at radius 2 is 1.90 bits per heavy atom. The number of amides is 1. The van der Waals surface area contributed by atoms with Crippen LogP contribution < -0.4 is 5.73 Å². The first-order valence-corrected chi connectivity index (χ1v) is 6.24. The normalized spacial score (nSPS) is 11.3. The van der Waals surface area contributed by atoms with E-state index in [-0.39, 0.29) is 23.8 Å². The Hall–Kier alpha value is -2.70. The first-order chi connectivity index (χ1) is 9.81. The summed E-state index contributed by atoms with van der Waals surface area (Å²) in [5.41, 5.74) is 5.25. The molecule has 0 bridgehead atoms. The standard InChI is InChI=1S/C14H16N2O5/c1-9(2)8-21-14(18)12(7-13(15)17)10-3-5-11(6-4-10)16(19)20/h3-7,9H,8H2,1-2H3,(H2,15,17)/b12-7-. The molecular formula is C14H16N2O5. The van der Waals surface area contributed by atoms with E-state index in [4.69, 9.17) is 10.5 Å². The fourth-order valence-corrected chi connectivity index (χ4v) is 1.49. The predicted octanol–water partition coefficient (Wildman–Crippen LogP) is 1.66. The van der Waals surface area contributed by atoms with Gasteiger partial charge in [0.05, 0.1) is 17.1 Å². The van der Waals surface area contributed by atoms with Crippen LogP contribution in [0.4, 0.5) is 5.69 Å². The van der Waals surface area contributed by atoms with E-state index < -0.39 is 16.8 Å². The number of hydrogen-bond acceptors (Lipinski definition) is 5. The van der Waals surface area contributed by atoms with Crippen molar-refractivity contribution in [3.05, 3.63) is 46.0 Å². The Kier molecular flexibility index (Phi) is 5.59. The van der Waals surface area contributed by atoms with Gasteiger partial charge in [-0.1, -0.05) is 13.8 Å². The molecule has 0 aliphatic heterocycles. The molecule has 1 aromatic rings. The lowest BCUT2D eigenvalue weighted by Gasteiger charge is -2.10. The zero-order valence-electron chi connectivity index (χ0n) is 11.7. The summed E-state index contributed by atoms with van der Waals surface area (Å²) >= 11 is 0. The summed E-state index contributed by atoms with van der Waals surface area (Å²) in [6.45, 7) is 3.94. The summed E-state index contributed by atoms with van der Waals surface area (Å²) in [6.07, 6.45) is 0.948. The molecule has 0 aliphatic carbocycles. The van der Waals surface area contributed by atoms with E-state index >= 15 is 0 Å². The molecule has 7 heteroatoms. The van der Waals surface area contributed by atoms with Gasteiger partial charge < -0.3 is 10.5 Å². The van der Waals surface area contributed by atoms with Crippen LogP contribution in [0.5, 0.6) is 0 Å². The fraction of sp³-hybridized carbons (Fsp3) is 0.286. The Morgan fingerprint density at radius 1 is 1.33 bits per heavy atom. The lowest BCUT2D eigenvalue weighted by molar-refractivity contribution is -0.384. The van der Waals surface area contributed by atoms with Crippen molar-refractivity contribution in [1.82, 2.24) is 0 Å². The molecule has 0 saturated carbocycles. The highest BCUT2D eigenvalue weighted by atomic mass is 16.6. The number of rotatable bonds is 6. The average molecular weight is 292 g/mol. The van der Waals surface area contributed by atoms with Gasteiger partial charge in [0.25, 0.3) is 5.69 Å². The minimum Gasteiger partial charge on any atom is -0.462 e. The van der Waals surface area contributed by atoms with Crippen LogP contribution in [0.25, 0.3) is 5.57 Å². The number of carbonyl (C=O) groups is 2. The maximum Gasteiger partial charge on any atom is 0.338 e. The van der Waals surface area contributed by atoms with Gasteiger partial charge in [-0.15, -0.1) is 0 Å². The van der Waals surface area contributed by atoms with Gasteiger partial charge in [-0.25, -0.2) is 4.79 Å². The monoisotopic (exact) mass is 292 g/mol. The number of nitro groups is 1. The molecule has 1 rings (SSSR count). The second-order valence-corrected chi connectivity index (χ2v) is 4.76. The van der Waals surface area contributed by atoms with Crippen LogP contribution in [0.2, 0.25) is 0 Å². The smallest absolute Gasteiger partial charge is 0.338 e. The molecular weight excluding hydrogens is 276 g/mol. The van der Waals surface area contributed by atoms with Gasteiger partial charge in [0.2, 0.25) is 5.91 Å². The van der Waals surface area contributed by atoms with Gasteiger partial charge in [0.15, 0.2) is 0 Å². The van der Waals surface area contributed by atoms with E-state index in [2.05, 4.69) is 0 Å². The first kappa shape index (κ1) is 16.4. The van der Waals surface area contributed by atoms with E-state index in [1.54, 1.807) is 0 Å². The highest BCUT2D eigenvalue weighted by molar-refractivity contribution is 6.20. The molecule has 0 atom stereocenters. The Balaban J connectivity index is 3.05. The van der Waals surface area contributed by atoms with E-state index in [9.17, 15) is 19.7 Å². The maximum absolute atomic E-state index is 12.0. The number of esters is 1. The molecule has 0 aromatic heterocycles. The van der Waals surface area contributed by atoms with E-state index in [0.29, 0.717) is 5.56 Å². The van der Waals surface area contributed by atoms with Gasteiger partial charge in [-0.2, -0.15) is 0 Å². The average Bonchev–Trinajstić information content (AvgIpc) is 2.42. The van der Waals surface area contributed by atoms with E-state index in [1.165, 1.54) is 24.3 Å². The van der Waals surface area contributed by atoms with Gasteiger partial charge in [0, 0.05) is 18.2 Å². The molecule has 0 spiro atoms. The Bertz CT molecular complexity index is 576. The topological polar surface area (TPSA) is 113 Å².